The molecule has 1 aromatic carbocycles. The summed E-state index contributed by atoms with van der Waals surface area (Å²) in [5.74, 6) is -0.238. The van der Waals surface area contributed by atoms with Crippen LogP contribution in [0.25, 0.3) is 0 Å². The molecule has 0 unspecified atom stereocenters. The molecule has 0 aliphatic carbocycles. The first kappa shape index (κ1) is 21.6. The van der Waals surface area contributed by atoms with Gasteiger partial charge in [-0.05, 0) is 55.1 Å². The monoisotopic (exact) mass is 403 g/mol. The van der Waals surface area contributed by atoms with Gasteiger partial charge in [0, 0.05) is 23.5 Å². The molecule has 0 saturated heterocycles. The molecular weight excluding hydrogens is 382 g/mol. The molecule has 0 radical (unpaired) electrons. The van der Waals surface area contributed by atoms with Gasteiger partial charge in [-0.3, -0.25) is 4.79 Å². The van der Waals surface area contributed by atoms with Crippen LogP contribution in [0.15, 0.2) is 46.7 Å². The summed E-state index contributed by atoms with van der Waals surface area (Å²) in [6, 6.07) is 9.79. The van der Waals surface area contributed by atoms with Crippen LogP contribution in [0.2, 0.25) is 0 Å². The second-order valence-electron chi connectivity index (χ2n) is 5.15. The first-order valence-corrected chi connectivity index (χ1v) is 9.99. The lowest BCUT2D eigenvalue weighted by Crippen LogP contribution is -2.27. The molecule has 0 spiro atoms. The van der Waals surface area contributed by atoms with Crippen LogP contribution in [0.1, 0.15) is 21.7 Å². The van der Waals surface area contributed by atoms with Gasteiger partial charge >= 0.3 is 0 Å². The van der Waals surface area contributed by atoms with Crippen molar-refractivity contribution in [2.24, 2.45) is 5.73 Å². The van der Waals surface area contributed by atoms with E-state index >= 15 is 0 Å². The van der Waals surface area contributed by atoms with Crippen LogP contribution < -0.4 is 15.8 Å². The van der Waals surface area contributed by atoms with Gasteiger partial charge in [0.05, 0.1) is 4.90 Å². The van der Waals surface area contributed by atoms with Gasteiger partial charge in [0.1, 0.15) is 0 Å². The van der Waals surface area contributed by atoms with E-state index in [9.17, 15) is 13.2 Å². The number of amides is 1. The van der Waals surface area contributed by atoms with Crippen molar-refractivity contribution in [3.63, 3.8) is 0 Å². The Kier molecular flexibility index (Phi) is 9.09. The summed E-state index contributed by atoms with van der Waals surface area (Å²) >= 11 is 1.60. The number of rotatable bonds is 9. The maximum Gasteiger partial charge on any atom is 0.251 e. The van der Waals surface area contributed by atoms with E-state index in [1.165, 1.54) is 24.3 Å². The molecular formula is C16H22ClN3O3S2. The second kappa shape index (κ2) is 10.5. The van der Waals surface area contributed by atoms with E-state index in [0.717, 1.165) is 4.88 Å². The van der Waals surface area contributed by atoms with Crippen LogP contribution in [0.3, 0.4) is 0 Å². The number of thiophene rings is 1. The fourth-order valence-electron chi connectivity index (χ4n) is 2.04. The molecule has 0 saturated carbocycles. The lowest BCUT2D eigenvalue weighted by molar-refractivity contribution is 0.0953. The molecule has 4 N–H and O–H groups in total. The molecule has 138 valence electrons. The molecule has 6 nitrogen and oxygen atoms in total. The molecule has 0 fully saturated rings. The molecule has 1 heterocycles. The van der Waals surface area contributed by atoms with Crippen LogP contribution in [-0.4, -0.2) is 34.0 Å². The normalized spacial score (nSPS) is 10.9. The highest BCUT2D eigenvalue weighted by Crippen LogP contribution is 2.12. The summed E-state index contributed by atoms with van der Waals surface area (Å²) in [7, 11) is -3.57. The Bertz CT molecular complexity index is 747. The number of benzene rings is 1. The van der Waals surface area contributed by atoms with E-state index in [1.54, 1.807) is 11.3 Å². The third-order valence-corrected chi connectivity index (χ3v) is 5.75. The summed E-state index contributed by atoms with van der Waals surface area (Å²) in [4.78, 5) is 13.1. The Morgan fingerprint density at radius 1 is 1.12 bits per heavy atom. The summed E-state index contributed by atoms with van der Waals surface area (Å²) in [5, 5.41) is 4.68. The molecule has 0 aliphatic heterocycles. The van der Waals surface area contributed by atoms with Crippen molar-refractivity contribution in [1.29, 1.82) is 0 Å². The van der Waals surface area contributed by atoms with Crippen molar-refractivity contribution in [1.82, 2.24) is 10.0 Å². The van der Waals surface area contributed by atoms with Crippen LogP contribution in [0.5, 0.6) is 0 Å². The minimum atomic E-state index is -3.57. The van der Waals surface area contributed by atoms with Crippen LogP contribution >= 0.6 is 23.7 Å². The van der Waals surface area contributed by atoms with Gasteiger partial charge in [-0.2, -0.15) is 0 Å². The zero-order valence-electron chi connectivity index (χ0n) is 13.6. The molecule has 0 aliphatic rings. The minimum absolute atomic E-state index is 0. The number of nitrogens with one attached hydrogen (secondary N) is 2. The SMILES string of the molecule is Cl.NCCCNC(=O)c1ccc(S(=O)(=O)NCCc2cccs2)cc1. The summed E-state index contributed by atoms with van der Waals surface area (Å²) < 4.78 is 27.0. The fourth-order valence-corrected chi connectivity index (χ4v) is 3.78. The Labute approximate surface area is 158 Å². The highest BCUT2D eigenvalue weighted by molar-refractivity contribution is 7.89. The van der Waals surface area contributed by atoms with E-state index in [-0.39, 0.29) is 23.2 Å². The highest BCUT2D eigenvalue weighted by Gasteiger charge is 2.14. The second-order valence-corrected chi connectivity index (χ2v) is 7.95. The zero-order valence-corrected chi connectivity index (χ0v) is 16.1. The number of hydrogen-bond donors (Lipinski definition) is 3. The van der Waals surface area contributed by atoms with Crippen LogP contribution in [0, 0.1) is 0 Å². The number of carbonyl (C=O) groups excluding carboxylic acids is 1. The molecule has 2 aromatic rings. The zero-order chi connectivity index (χ0) is 17.4. The van der Waals surface area contributed by atoms with Gasteiger partial charge in [0.15, 0.2) is 0 Å². The van der Waals surface area contributed by atoms with Gasteiger partial charge < -0.3 is 11.1 Å². The molecule has 0 atom stereocenters. The molecule has 9 heteroatoms. The van der Waals surface area contributed by atoms with Crippen molar-refractivity contribution in [3.05, 3.63) is 52.2 Å². The maximum atomic E-state index is 12.2. The van der Waals surface area contributed by atoms with Gasteiger partial charge in [-0.15, -0.1) is 23.7 Å². The molecule has 1 aromatic heterocycles. The van der Waals surface area contributed by atoms with E-state index < -0.39 is 10.0 Å². The van der Waals surface area contributed by atoms with Crippen molar-refractivity contribution in [3.8, 4) is 0 Å². The largest absolute Gasteiger partial charge is 0.352 e. The number of hydrogen-bond acceptors (Lipinski definition) is 5. The Hall–Kier alpha value is -1.45. The quantitative estimate of drug-likeness (QED) is 0.555. The average Bonchev–Trinajstić information content (AvgIpc) is 3.08. The first-order valence-electron chi connectivity index (χ1n) is 7.63. The topological polar surface area (TPSA) is 101 Å². The third-order valence-electron chi connectivity index (χ3n) is 3.34. The van der Waals surface area contributed by atoms with Crippen molar-refractivity contribution in [2.75, 3.05) is 19.6 Å². The first-order chi connectivity index (χ1) is 11.5. The number of carbonyl (C=O) groups is 1. The molecule has 2 rings (SSSR count). The van der Waals surface area contributed by atoms with E-state index in [0.29, 0.717) is 38.0 Å². The standard InChI is InChI=1S/C16H21N3O3S2.ClH/c17-9-2-10-18-16(20)13-4-6-15(7-5-13)24(21,22)19-11-8-14-3-1-12-23-14;/h1,3-7,12,19H,2,8-11,17H2,(H,18,20);1H. The van der Waals surface area contributed by atoms with Gasteiger partial charge in [-0.1, -0.05) is 6.07 Å². The van der Waals surface area contributed by atoms with E-state index in [1.807, 2.05) is 17.5 Å². The average molecular weight is 404 g/mol. The van der Waals surface area contributed by atoms with Crippen molar-refractivity contribution in [2.45, 2.75) is 17.7 Å². The van der Waals surface area contributed by atoms with Gasteiger partial charge in [0.2, 0.25) is 10.0 Å². The summed E-state index contributed by atoms with van der Waals surface area (Å²) in [6.07, 6.45) is 1.35. The van der Waals surface area contributed by atoms with Crippen LogP contribution in [-0.2, 0) is 16.4 Å². The van der Waals surface area contributed by atoms with Gasteiger partial charge in [0.25, 0.3) is 5.91 Å². The number of halogens is 1. The Balaban J connectivity index is 0.00000312. The molecule has 1 amide bonds. The Morgan fingerprint density at radius 3 is 2.44 bits per heavy atom. The molecule has 0 bridgehead atoms. The van der Waals surface area contributed by atoms with E-state index in [2.05, 4.69) is 10.0 Å². The van der Waals surface area contributed by atoms with E-state index in [4.69, 9.17) is 5.73 Å². The third kappa shape index (κ3) is 6.75. The maximum absolute atomic E-state index is 12.2. The molecule has 25 heavy (non-hydrogen) atoms. The predicted octanol–water partition coefficient (Wildman–Crippen LogP) is 1.77. The summed E-state index contributed by atoms with van der Waals surface area (Å²) in [5.41, 5.74) is 5.79. The van der Waals surface area contributed by atoms with Crippen molar-refractivity contribution < 1.29 is 13.2 Å². The van der Waals surface area contributed by atoms with Gasteiger partial charge in [-0.25, -0.2) is 13.1 Å². The fraction of sp³-hybridized carbons (Fsp3) is 0.312. The number of sulfonamides is 1. The minimum Gasteiger partial charge on any atom is -0.352 e. The van der Waals surface area contributed by atoms with Crippen molar-refractivity contribution >= 4 is 39.7 Å². The predicted molar refractivity (Wildman–Crippen MR) is 103 cm³/mol. The van der Waals surface area contributed by atoms with Crippen LogP contribution in [0.4, 0.5) is 0 Å². The lowest BCUT2D eigenvalue weighted by Gasteiger charge is -2.08. The number of nitrogens with two attached hydrogens (primary N) is 1. The summed E-state index contributed by atoms with van der Waals surface area (Å²) in [6.45, 7) is 1.35. The smallest absolute Gasteiger partial charge is 0.251 e. The highest BCUT2D eigenvalue weighted by atomic mass is 35.5. The Morgan fingerprint density at radius 2 is 1.84 bits per heavy atom. The lowest BCUT2D eigenvalue weighted by atomic mass is 10.2.